The molecule has 0 aliphatic heterocycles. The van der Waals surface area contributed by atoms with Gasteiger partial charge < -0.3 is 25.6 Å². The van der Waals surface area contributed by atoms with Crippen LogP contribution in [0.1, 0.15) is 12.0 Å². The number of alkyl halides is 3. The highest BCUT2D eigenvalue weighted by Crippen LogP contribution is 2.28. The van der Waals surface area contributed by atoms with Crippen molar-refractivity contribution in [2.75, 3.05) is 11.1 Å². The third-order valence-electron chi connectivity index (χ3n) is 4.63. The number of nitrogens with one attached hydrogen (secondary N) is 1. The molecule has 2 aromatic heterocycles. The summed E-state index contributed by atoms with van der Waals surface area (Å²) < 4.78 is 46.6. The molecule has 0 amide bonds. The van der Waals surface area contributed by atoms with Crippen LogP contribution in [0.25, 0.3) is 11.3 Å². The Kier molecular flexibility index (Phi) is 6.97. The van der Waals surface area contributed by atoms with Gasteiger partial charge in [-0.3, -0.25) is 4.98 Å². The van der Waals surface area contributed by atoms with Gasteiger partial charge in [0.15, 0.2) is 0 Å². The summed E-state index contributed by atoms with van der Waals surface area (Å²) in [6.07, 6.45) is -6.27. The number of halogens is 3. The standard InChI is InChI=1S/C24H18F3N5O4/c25-24(26,27)22(34)36-21(33)19-12-17(10-11-29-19)35-16-8-6-15(7-9-16)30-20-13-18(31-23(28)32-20)14-4-2-1-3-5-14/h1-13,21,33H,(H3,28,30,31,32). The molecule has 0 radical (unpaired) electrons. The van der Waals surface area contributed by atoms with Gasteiger partial charge in [-0.2, -0.15) is 18.2 Å². The number of pyridine rings is 1. The SMILES string of the molecule is Nc1nc(Nc2ccc(Oc3ccnc(C(O)OC(=O)C(F)(F)F)c3)cc2)cc(-c2ccccc2)n1. The summed E-state index contributed by atoms with van der Waals surface area (Å²) in [5.74, 6) is -1.41. The molecule has 2 heterocycles. The Hall–Kier alpha value is -4.71. The average molecular weight is 497 g/mol. The second kappa shape index (κ2) is 10.3. The summed E-state index contributed by atoms with van der Waals surface area (Å²) in [4.78, 5) is 23.1. The average Bonchev–Trinajstić information content (AvgIpc) is 2.85. The molecule has 184 valence electrons. The third kappa shape index (κ3) is 6.24. The summed E-state index contributed by atoms with van der Waals surface area (Å²) in [6.45, 7) is 0. The van der Waals surface area contributed by atoms with Crippen molar-refractivity contribution in [1.82, 2.24) is 15.0 Å². The Labute approximate surface area is 202 Å². The van der Waals surface area contributed by atoms with Crippen LogP contribution in [0.3, 0.4) is 0 Å². The minimum atomic E-state index is -5.24. The van der Waals surface area contributed by atoms with E-state index in [0.29, 0.717) is 22.9 Å². The van der Waals surface area contributed by atoms with E-state index in [1.54, 1.807) is 30.3 Å². The van der Waals surface area contributed by atoms with Gasteiger partial charge in [0.2, 0.25) is 12.2 Å². The number of nitrogens with two attached hydrogens (primary N) is 1. The summed E-state index contributed by atoms with van der Waals surface area (Å²) in [7, 11) is 0. The molecule has 0 aliphatic carbocycles. The van der Waals surface area contributed by atoms with Crippen LogP contribution >= 0.6 is 0 Å². The zero-order valence-electron chi connectivity index (χ0n) is 18.3. The second-order valence-electron chi connectivity index (χ2n) is 7.29. The fraction of sp³-hybridized carbons (Fsp3) is 0.0833. The number of ether oxygens (including phenoxy) is 2. The molecule has 0 aliphatic rings. The number of hydrogen-bond donors (Lipinski definition) is 3. The molecule has 2 aromatic carbocycles. The number of benzene rings is 2. The van der Waals surface area contributed by atoms with Crippen LogP contribution in [0, 0.1) is 0 Å². The normalized spacial score (nSPS) is 12.0. The minimum Gasteiger partial charge on any atom is -0.457 e. The Morgan fingerprint density at radius 3 is 2.39 bits per heavy atom. The van der Waals surface area contributed by atoms with Gasteiger partial charge in [0.25, 0.3) is 0 Å². The number of carbonyl (C=O) groups excluding carboxylic acids is 1. The smallest absolute Gasteiger partial charge is 0.457 e. The van der Waals surface area contributed by atoms with E-state index in [2.05, 4.69) is 25.0 Å². The van der Waals surface area contributed by atoms with Gasteiger partial charge in [-0.25, -0.2) is 9.78 Å². The zero-order chi connectivity index (χ0) is 25.7. The predicted molar refractivity (Wildman–Crippen MR) is 123 cm³/mol. The highest BCUT2D eigenvalue weighted by atomic mass is 19.4. The molecule has 0 fully saturated rings. The van der Waals surface area contributed by atoms with Crippen LogP contribution < -0.4 is 15.8 Å². The molecular formula is C24H18F3N5O4. The Morgan fingerprint density at radius 2 is 1.69 bits per heavy atom. The number of anilines is 3. The molecule has 9 nitrogen and oxygen atoms in total. The molecule has 1 unspecified atom stereocenters. The number of hydrogen-bond acceptors (Lipinski definition) is 9. The fourth-order valence-electron chi connectivity index (χ4n) is 3.03. The van der Waals surface area contributed by atoms with E-state index >= 15 is 0 Å². The molecule has 4 aromatic rings. The first kappa shape index (κ1) is 24.4. The number of rotatable bonds is 7. The molecule has 4 N–H and O–H groups in total. The van der Waals surface area contributed by atoms with Crippen molar-refractivity contribution in [3.05, 3.63) is 84.7 Å². The van der Waals surface area contributed by atoms with Gasteiger partial charge in [0, 0.05) is 29.6 Å². The lowest BCUT2D eigenvalue weighted by molar-refractivity contribution is -0.221. The lowest BCUT2D eigenvalue weighted by Gasteiger charge is -2.14. The Bertz CT molecular complexity index is 1350. The molecule has 0 saturated heterocycles. The van der Waals surface area contributed by atoms with Crippen molar-refractivity contribution in [3.8, 4) is 22.8 Å². The predicted octanol–water partition coefficient (Wildman–Crippen LogP) is 4.75. The van der Waals surface area contributed by atoms with Gasteiger partial charge in [-0.1, -0.05) is 30.3 Å². The van der Waals surface area contributed by atoms with E-state index in [1.807, 2.05) is 30.3 Å². The topological polar surface area (TPSA) is 132 Å². The zero-order valence-corrected chi connectivity index (χ0v) is 18.3. The highest BCUT2D eigenvalue weighted by molar-refractivity contribution is 5.75. The molecule has 12 heteroatoms. The monoisotopic (exact) mass is 497 g/mol. The maximum Gasteiger partial charge on any atom is 0.491 e. The van der Waals surface area contributed by atoms with Gasteiger partial charge in [-0.05, 0) is 30.3 Å². The molecule has 4 rings (SSSR count). The first-order valence-electron chi connectivity index (χ1n) is 10.3. The van der Waals surface area contributed by atoms with Gasteiger partial charge in [-0.15, -0.1) is 0 Å². The van der Waals surface area contributed by atoms with Crippen molar-refractivity contribution in [2.24, 2.45) is 0 Å². The van der Waals surface area contributed by atoms with E-state index in [0.717, 1.165) is 11.6 Å². The van der Waals surface area contributed by atoms with Crippen LogP contribution in [0.4, 0.5) is 30.6 Å². The van der Waals surface area contributed by atoms with Crippen molar-refractivity contribution >= 4 is 23.4 Å². The fourth-order valence-corrected chi connectivity index (χ4v) is 3.03. The Balaban J connectivity index is 1.43. The van der Waals surface area contributed by atoms with Crippen LogP contribution in [0.15, 0.2) is 79.0 Å². The number of esters is 1. The number of nitrogens with zero attached hydrogens (tertiary/aromatic N) is 3. The van der Waals surface area contributed by atoms with E-state index in [9.17, 15) is 23.1 Å². The van der Waals surface area contributed by atoms with Crippen molar-refractivity contribution < 1.29 is 32.5 Å². The summed E-state index contributed by atoms with van der Waals surface area (Å²) in [6, 6.07) is 20.5. The van der Waals surface area contributed by atoms with Crippen LogP contribution in [0.5, 0.6) is 11.5 Å². The summed E-state index contributed by atoms with van der Waals surface area (Å²) in [5.41, 5.74) is 7.73. The van der Waals surface area contributed by atoms with E-state index in [1.165, 1.54) is 12.3 Å². The van der Waals surface area contributed by atoms with Gasteiger partial charge in [0.1, 0.15) is 23.0 Å². The van der Waals surface area contributed by atoms with E-state index in [4.69, 9.17) is 10.5 Å². The lowest BCUT2D eigenvalue weighted by atomic mass is 10.1. The molecule has 0 saturated carbocycles. The van der Waals surface area contributed by atoms with Crippen LogP contribution in [0.2, 0.25) is 0 Å². The highest BCUT2D eigenvalue weighted by Gasteiger charge is 2.42. The van der Waals surface area contributed by atoms with E-state index < -0.39 is 18.4 Å². The largest absolute Gasteiger partial charge is 0.491 e. The van der Waals surface area contributed by atoms with Crippen molar-refractivity contribution in [3.63, 3.8) is 0 Å². The summed E-state index contributed by atoms with van der Waals surface area (Å²) >= 11 is 0. The van der Waals surface area contributed by atoms with Gasteiger partial charge >= 0.3 is 12.1 Å². The molecule has 0 bridgehead atoms. The Morgan fingerprint density at radius 1 is 0.972 bits per heavy atom. The van der Waals surface area contributed by atoms with Crippen molar-refractivity contribution in [2.45, 2.75) is 12.5 Å². The number of aromatic nitrogens is 3. The minimum absolute atomic E-state index is 0.107. The first-order valence-corrected chi connectivity index (χ1v) is 10.3. The summed E-state index contributed by atoms with van der Waals surface area (Å²) in [5, 5.41) is 12.9. The number of aliphatic hydroxyl groups is 1. The lowest BCUT2D eigenvalue weighted by Crippen LogP contribution is -2.27. The van der Waals surface area contributed by atoms with Gasteiger partial charge in [0.05, 0.1) is 5.69 Å². The number of aliphatic hydroxyl groups excluding tert-OH is 1. The molecule has 0 spiro atoms. The number of carbonyl (C=O) groups is 1. The van der Waals surface area contributed by atoms with E-state index in [-0.39, 0.29) is 17.4 Å². The third-order valence-corrected chi connectivity index (χ3v) is 4.63. The van der Waals surface area contributed by atoms with Crippen LogP contribution in [-0.4, -0.2) is 32.2 Å². The maximum atomic E-state index is 12.3. The quantitative estimate of drug-likeness (QED) is 0.244. The van der Waals surface area contributed by atoms with Crippen molar-refractivity contribution in [1.29, 1.82) is 0 Å². The molecule has 1 atom stereocenters. The number of nitrogen functional groups attached to an aromatic ring is 1. The second-order valence-corrected chi connectivity index (χ2v) is 7.29. The molecular weight excluding hydrogens is 479 g/mol. The van der Waals surface area contributed by atoms with Crippen LogP contribution in [-0.2, 0) is 9.53 Å². The first-order chi connectivity index (χ1) is 17.2. The molecule has 36 heavy (non-hydrogen) atoms. The maximum absolute atomic E-state index is 12.3.